The fourth-order valence-electron chi connectivity index (χ4n) is 4.97. The summed E-state index contributed by atoms with van der Waals surface area (Å²) in [4.78, 5) is 20.1. The standard InChI is InChI=1S/C26H28N4O2/c1-17-21(18(2)30-26(27-17)22-10-4-5-11-23(22)28-30)13-14-25(31)29-15-7-12-24(29)19-8-6-9-20(16-19)32-3/h4-6,8-11,16,24H,7,12-15H2,1-3H3. The Labute approximate surface area is 187 Å². The van der Waals surface area contributed by atoms with Crippen LogP contribution in [0.4, 0.5) is 0 Å². The maximum Gasteiger partial charge on any atom is 0.223 e. The van der Waals surface area contributed by atoms with E-state index in [9.17, 15) is 4.79 Å². The normalized spacial score (nSPS) is 16.2. The van der Waals surface area contributed by atoms with Crippen molar-refractivity contribution in [2.45, 2.75) is 45.6 Å². The number of nitrogens with zero attached hydrogens (tertiary/aromatic N) is 4. The highest BCUT2D eigenvalue weighted by molar-refractivity contribution is 5.92. The van der Waals surface area contributed by atoms with Gasteiger partial charge in [-0.3, -0.25) is 4.79 Å². The van der Waals surface area contributed by atoms with Crippen LogP contribution in [0.25, 0.3) is 16.6 Å². The molecule has 6 heteroatoms. The molecule has 1 aliphatic rings. The summed E-state index contributed by atoms with van der Waals surface area (Å²) < 4.78 is 7.30. The van der Waals surface area contributed by atoms with E-state index in [0.717, 1.165) is 64.2 Å². The lowest BCUT2D eigenvalue weighted by molar-refractivity contribution is -0.132. The molecule has 4 aromatic rings. The number of hydrogen-bond acceptors (Lipinski definition) is 4. The highest BCUT2D eigenvalue weighted by atomic mass is 16.5. The third-order valence-corrected chi connectivity index (χ3v) is 6.66. The van der Waals surface area contributed by atoms with E-state index in [1.54, 1.807) is 7.11 Å². The first-order valence-corrected chi connectivity index (χ1v) is 11.2. The number of amides is 1. The largest absolute Gasteiger partial charge is 0.497 e. The fraction of sp³-hybridized carbons (Fsp3) is 0.346. The van der Waals surface area contributed by atoms with Crippen molar-refractivity contribution in [3.8, 4) is 5.75 Å². The molecule has 1 aliphatic heterocycles. The summed E-state index contributed by atoms with van der Waals surface area (Å²) in [5.41, 5.74) is 6.10. The topological polar surface area (TPSA) is 59.7 Å². The van der Waals surface area contributed by atoms with Crippen molar-refractivity contribution in [3.63, 3.8) is 0 Å². The van der Waals surface area contributed by atoms with Crippen molar-refractivity contribution in [1.82, 2.24) is 19.5 Å². The molecule has 0 spiro atoms. The SMILES string of the molecule is COc1cccc(C2CCCN2C(=O)CCc2c(C)nc3c4ccccc4nn3c2C)c1. The molecule has 0 radical (unpaired) electrons. The van der Waals surface area contributed by atoms with Gasteiger partial charge in [0.15, 0.2) is 5.65 Å². The van der Waals surface area contributed by atoms with Gasteiger partial charge in [-0.15, -0.1) is 0 Å². The molecule has 2 aromatic carbocycles. The molecule has 2 aromatic heterocycles. The van der Waals surface area contributed by atoms with Crippen molar-refractivity contribution in [2.24, 2.45) is 0 Å². The first-order valence-electron chi connectivity index (χ1n) is 11.2. The van der Waals surface area contributed by atoms with Crippen LogP contribution in [0.3, 0.4) is 0 Å². The predicted octanol–water partition coefficient (Wildman–Crippen LogP) is 4.80. The molecule has 1 fully saturated rings. The Balaban J connectivity index is 1.38. The van der Waals surface area contributed by atoms with Gasteiger partial charge in [0.05, 0.1) is 18.7 Å². The number of rotatable bonds is 5. The molecule has 1 atom stereocenters. The number of methoxy groups -OCH3 is 1. The maximum absolute atomic E-state index is 13.2. The lowest BCUT2D eigenvalue weighted by Crippen LogP contribution is -2.30. The molecular formula is C26H28N4O2. The molecular weight excluding hydrogens is 400 g/mol. The van der Waals surface area contributed by atoms with E-state index in [1.807, 2.05) is 52.7 Å². The Morgan fingerprint density at radius 1 is 1.16 bits per heavy atom. The molecule has 1 unspecified atom stereocenters. The number of likely N-dealkylation sites (tertiary alicyclic amines) is 1. The van der Waals surface area contributed by atoms with Crippen LogP contribution in [-0.4, -0.2) is 39.1 Å². The summed E-state index contributed by atoms with van der Waals surface area (Å²) in [6.07, 6.45) is 3.15. The summed E-state index contributed by atoms with van der Waals surface area (Å²) in [5.74, 6) is 1.03. The van der Waals surface area contributed by atoms with Crippen LogP contribution in [0, 0.1) is 13.8 Å². The predicted molar refractivity (Wildman–Crippen MR) is 125 cm³/mol. The minimum Gasteiger partial charge on any atom is -0.497 e. The van der Waals surface area contributed by atoms with Gasteiger partial charge in [0, 0.05) is 29.7 Å². The van der Waals surface area contributed by atoms with Crippen molar-refractivity contribution in [3.05, 3.63) is 71.0 Å². The van der Waals surface area contributed by atoms with Crippen LogP contribution in [0.5, 0.6) is 5.75 Å². The van der Waals surface area contributed by atoms with Crippen LogP contribution in [-0.2, 0) is 11.2 Å². The number of carbonyl (C=O) groups is 1. The van der Waals surface area contributed by atoms with Crippen molar-refractivity contribution in [2.75, 3.05) is 13.7 Å². The summed E-state index contributed by atoms with van der Waals surface area (Å²) in [6, 6.07) is 16.3. The van der Waals surface area contributed by atoms with Crippen molar-refractivity contribution in [1.29, 1.82) is 0 Å². The van der Waals surface area contributed by atoms with Gasteiger partial charge in [-0.2, -0.15) is 5.10 Å². The van der Waals surface area contributed by atoms with E-state index in [0.29, 0.717) is 12.8 Å². The number of aryl methyl sites for hydroxylation is 2. The lowest BCUT2D eigenvalue weighted by Gasteiger charge is -2.25. The number of benzene rings is 2. The molecule has 5 rings (SSSR count). The van der Waals surface area contributed by atoms with E-state index >= 15 is 0 Å². The monoisotopic (exact) mass is 428 g/mol. The van der Waals surface area contributed by atoms with Gasteiger partial charge >= 0.3 is 0 Å². The molecule has 164 valence electrons. The van der Waals surface area contributed by atoms with Gasteiger partial charge in [-0.1, -0.05) is 24.3 Å². The minimum absolute atomic E-state index is 0.122. The molecule has 1 saturated heterocycles. The molecule has 0 saturated carbocycles. The minimum atomic E-state index is 0.122. The fourth-order valence-corrected chi connectivity index (χ4v) is 4.97. The van der Waals surface area contributed by atoms with E-state index in [-0.39, 0.29) is 11.9 Å². The van der Waals surface area contributed by atoms with E-state index in [2.05, 4.69) is 19.1 Å². The quantitative estimate of drug-likeness (QED) is 0.458. The van der Waals surface area contributed by atoms with Gasteiger partial charge in [0.25, 0.3) is 0 Å². The Morgan fingerprint density at radius 2 is 2.00 bits per heavy atom. The first-order chi connectivity index (χ1) is 15.6. The number of carbonyl (C=O) groups excluding carboxylic acids is 1. The lowest BCUT2D eigenvalue weighted by atomic mass is 10.0. The molecule has 32 heavy (non-hydrogen) atoms. The summed E-state index contributed by atoms with van der Waals surface area (Å²) >= 11 is 0. The van der Waals surface area contributed by atoms with Crippen molar-refractivity contribution < 1.29 is 9.53 Å². The smallest absolute Gasteiger partial charge is 0.223 e. The molecule has 0 N–H and O–H groups in total. The maximum atomic E-state index is 13.2. The number of hydrogen-bond donors (Lipinski definition) is 0. The molecule has 3 heterocycles. The van der Waals surface area contributed by atoms with Gasteiger partial charge in [0.2, 0.25) is 5.91 Å². The summed E-state index contributed by atoms with van der Waals surface area (Å²) in [7, 11) is 1.68. The Kier molecular flexibility index (Phi) is 5.29. The van der Waals surface area contributed by atoms with Gasteiger partial charge < -0.3 is 9.64 Å². The Bertz CT molecular complexity index is 1310. The van der Waals surface area contributed by atoms with Gasteiger partial charge in [-0.25, -0.2) is 9.50 Å². The van der Waals surface area contributed by atoms with Gasteiger partial charge in [0.1, 0.15) is 5.75 Å². The summed E-state index contributed by atoms with van der Waals surface area (Å²) in [6.45, 7) is 4.91. The van der Waals surface area contributed by atoms with E-state index in [4.69, 9.17) is 14.8 Å². The number of ether oxygens (including phenoxy) is 1. The zero-order valence-corrected chi connectivity index (χ0v) is 18.8. The van der Waals surface area contributed by atoms with Crippen LogP contribution >= 0.6 is 0 Å². The zero-order valence-electron chi connectivity index (χ0n) is 18.8. The first kappa shape index (κ1) is 20.5. The third kappa shape index (κ3) is 3.49. The van der Waals surface area contributed by atoms with Gasteiger partial charge in [-0.05, 0) is 68.5 Å². The second-order valence-corrected chi connectivity index (χ2v) is 8.54. The highest BCUT2D eigenvalue weighted by Gasteiger charge is 2.30. The molecule has 0 bridgehead atoms. The van der Waals surface area contributed by atoms with Crippen LogP contribution in [0.15, 0.2) is 48.5 Å². The van der Waals surface area contributed by atoms with E-state index < -0.39 is 0 Å². The second kappa shape index (κ2) is 8.26. The second-order valence-electron chi connectivity index (χ2n) is 8.54. The zero-order chi connectivity index (χ0) is 22.2. The van der Waals surface area contributed by atoms with Crippen molar-refractivity contribution >= 4 is 22.5 Å². The van der Waals surface area contributed by atoms with Crippen LogP contribution in [0.2, 0.25) is 0 Å². The number of fused-ring (bicyclic) bond motifs is 3. The van der Waals surface area contributed by atoms with E-state index in [1.165, 1.54) is 0 Å². The average Bonchev–Trinajstić information content (AvgIpc) is 3.44. The van der Waals surface area contributed by atoms with Crippen LogP contribution in [0.1, 0.15) is 47.8 Å². The summed E-state index contributed by atoms with van der Waals surface area (Å²) in [5, 5.41) is 5.79. The molecule has 0 aliphatic carbocycles. The molecule has 6 nitrogen and oxygen atoms in total. The van der Waals surface area contributed by atoms with Crippen LogP contribution < -0.4 is 4.74 Å². The Hall–Kier alpha value is -3.41. The number of aromatic nitrogens is 3. The Morgan fingerprint density at radius 3 is 2.84 bits per heavy atom. The molecule has 1 amide bonds. The average molecular weight is 429 g/mol. The highest BCUT2D eigenvalue weighted by Crippen LogP contribution is 2.34. The third-order valence-electron chi connectivity index (χ3n) is 6.66.